The molecule has 0 saturated carbocycles. The van der Waals surface area contributed by atoms with Gasteiger partial charge < -0.3 is 14.8 Å². The lowest BCUT2D eigenvalue weighted by Gasteiger charge is -2.20. The van der Waals surface area contributed by atoms with Crippen molar-refractivity contribution in [3.05, 3.63) is 82.9 Å². The number of nitrogens with zero attached hydrogens (tertiary/aromatic N) is 6. The number of hydrogen-bond acceptors (Lipinski definition) is 6. The summed E-state index contributed by atoms with van der Waals surface area (Å²) in [5, 5.41) is 29.5. The minimum atomic E-state index is -4.64. The van der Waals surface area contributed by atoms with Crippen LogP contribution in [-0.2, 0) is 19.8 Å². The molecule has 4 aromatic rings. The second kappa shape index (κ2) is 10.2. The summed E-state index contributed by atoms with van der Waals surface area (Å²) < 4.78 is 57.4. The molecule has 0 saturated heterocycles. The molecule has 200 valence electrons. The number of rotatable bonds is 6. The minimum absolute atomic E-state index is 0.0486. The Balaban J connectivity index is 1.68. The Morgan fingerprint density at radius 1 is 1.07 bits per heavy atom. The highest BCUT2D eigenvalue weighted by molar-refractivity contribution is 6.11. The number of halogens is 4. The first kappa shape index (κ1) is 26.4. The summed E-state index contributed by atoms with van der Waals surface area (Å²) in [6, 6.07) is 14.7. The van der Waals surface area contributed by atoms with Crippen LogP contribution >= 0.6 is 0 Å². The maximum Gasteiger partial charge on any atom is 0.416 e. The van der Waals surface area contributed by atoms with Crippen LogP contribution in [0.2, 0.25) is 0 Å². The highest BCUT2D eigenvalue weighted by Crippen LogP contribution is 2.41. The van der Waals surface area contributed by atoms with Gasteiger partial charge in [0, 0.05) is 36.1 Å². The van der Waals surface area contributed by atoms with Gasteiger partial charge in [0.15, 0.2) is 5.82 Å². The lowest BCUT2D eigenvalue weighted by molar-refractivity contribution is -0.138. The summed E-state index contributed by atoms with van der Waals surface area (Å²) in [5.41, 5.74) is 0.589. The highest BCUT2D eigenvalue weighted by atomic mass is 19.4. The first-order chi connectivity index (χ1) is 19.1. The quantitative estimate of drug-likeness (QED) is 0.247. The van der Waals surface area contributed by atoms with Crippen molar-refractivity contribution in [3.63, 3.8) is 0 Å². The van der Waals surface area contributed by atoms with Gasteiger partial charge in [-0.05, 0) is 59.2 Å². The van der Waals surface area contributed by atoms with E-state index >= 15 is 0 Å². The van der Waals surface area contributed by atoms with E-state index in [1.165, 1.54) is 35.5 Å². The van der Waals surface area contributed by atoms with Gasteiger partial charge >= 0.3 is 6.18 Å². The number of anilines is 2. The summed E-state index contributed by atoms with van der Waals surface area (Å²) in [6.07, 6.45) is -3.04. The van der Waals surface area contributed by atoms with Crippen LogP contribution in [0.15, 0.2) is 54.9 Å². The van der Waals surface area contributed by atoms with Crippen LogP contribution in [0.4, 0.5) is 28.9 Å². The maximum atomic E-state index is 14.7. The highest BCUT2D eigenvalue weighted by Gasteiger charge is 2.39. The summed E-state index contributed by atoms with van der Waals surface area (Å²) >= 11 is 0. The van der Waals surface area contributed by atoms with Crippen molar-refractivity contribution in [1.29, 1.82) is 10.5 Å². The summed E-state index contributed by atoms with van der Waals surface area (Å²) in [5.74, 6) is -1.06. The molecule has 0 spiro atoms. The van der Waals surface area contributed by atoms with E-state index in [0.717, 1.165) is 6.07 Å². The summed E-state index contributed by atoms with van der Waals surface area (Å²) in [7, 11) is 1.67. The van der Waals surface area contributed by atoms with Crippen LogP contribution in [-0.4, -0.2) is 27.2 Å². The Bertz CT molecular complexity index is 1730. The third-order valence-corrected chi connectivity index (χ3v) is 6.56. The fourth-order valence-electron chi connectivity index (χ4n) is 4.70. The van der Waals surface area contributed by atoms with E-state index in [2.05, 4.69) is 15.5 Å². The Hall–Kier alpha value is -5.23. The molecule has 1 N–H and O–H groups in total. The lowest BCUT2D eigenvalue weighted by Crippen LogP contribution is -2.23. The van der Waals surface area contributed by atoms with Crippen molar-refractivity contribution in [2.24, 2.45) is 7.05 Å². The summed E-state index contributed by atoms with van der Waals surface area (Å²) in [6.45, 7) is -0.0528. The van der Waals surface area contributed by atoms with Crippen molar-refractivity contribution in [2.75, 3.05) is 16.8 Å². The first-order valence-electron chi connectivity index (χ1n) is 12.0. The first-order valence-corrected chi connectivity index (χ1v) is 12.0. The molecular formula is C28H19F4N7O. The number of carbonyl (C=O) groups is 1. The lowest BCUT2D eigenvalue weighted by atomic mass is 9.95. The molecule has 1 amide bonds. The SMILES string of the molecule is Cn1cnnc1-c1cc(F)c(C#N)cc1-c1cc(NCCC#N)cc(N2Cc3c(cccc3C(F)(F)F)C2=O)c1. The normalized spacial score (nSPS) is 12.7. The van der Waals surface area contributed by atoms with Gasteiger partial charge in [0.1, 0.15) is 18.2 Å². The Labute approximate surface area is 225 Å². The molecular weight excluding hydrogens is 526 g/mol. The van der Waals surface area contributed by atoms with Crippen molar-refractivity contribution in [2.45, 2.75) is 19.1 Å². The van der Waals surface area contributed by atoms with E-state index in [9.17, 15) is 27.6 Å². The second-order valence-corrected chi connectivity index (χ2v) is 9.08. The standard InChI is InChI=1S/C28H19F4N7O/c1-38-15-36-37-26(38)22-12-25(29)17(13-34)10-21(22)16-8-18(35-7-3-6-33)11-19(9-16)39-14-23-20(27(39)40)4-2-5-24(23)28(30,31)32/h2,4-5,8-12,15,35H,3,7,14H2,1H3. The molecule has 12 heteroatoms. The van der Waals surface area contributed by atoms with Crippen LogP contribution in [0.1, 0.15) is 33.5 Å². The number of aryl methyl sites for hydroxylation is 1. The average molecular weight is 546 g/mol. The third kappa shape index (κ3) is 4.71. The number of aromatic nitrogens is 3. The maximum absolute atomic E-state index is 14.7. The van der Waals surface area contributed by atoms with E-state index in [4.69, 9.17) is 5.26 Å². The van der Waals surface area contributed by atoms with E-state index in [1.807, 2.05) is 12.1 Å². The minimum Gasteiger partial charge on any atom is -0.384 e. The number of amides is 1. The van der Waals surface area contributed by atoms with Gasteiger partial charge in [-0.15, -0.1) is 10.2 Å². The second-order valence-electron chi connectivity index (χ2n) is 9.08. The zero-order chi connectivity index (χ0) is 28.6. The van der Waals surface area contributed by atoms with Crippen molar-refractivity contribution < 1.29 is 22.4 Å². The molecule has 0 atom stereocenters. The predicted octanol–water partition coefficient (Wildman–Crippen LogP) is 5.66. The van der Waals surface area contributed by atoms with Crippen LogP contribution < -0.4 is 10.2 Å². The Morgan fingerprint density at radius 2 is 1.88 bits per heavy atom. The van der Waals surface area contributed by atoms with E-state index < -0.39 is 23.5 Å². The number of benzene rings is 3. The molecule has 1 aliphatic heterocycles. The molecule has 2 heterocycles. The molecule has 3 aromatic carbocycles. The topological polar surface area (TPSA) is 111 Å². The molecule has 0 aliphatic carbocycles. The largest absolute Gasteiger partial charge is 0.416 e. The third-order valence-electron chi connectivity index (χ3n) is 6.56. The number of nitrogens with one attached hydrogen (secondary N) is 1. The molecule has 40 heavy (non-hydrogen) atoms. The van der Waals surface area contributed by atoms with E-state index in [1.54, 1.807) is 29.8 Å². The molecule has 5 rings (SSSR count). The average Bonchev–Trinajstić information content (AvgIpc) is 3.50. The number of fused-ring (bicyclic) bond motifs is 1. The van der Waals surface area contributed by atoms with Gasteiger partial charge in [-0.2, -0.15) is 23.7 Å². The smallest absolute Gasteiger partial charge is 0.384 e. The van der Waals surface area contributed by atoms with Gasteiger partial charge in [0.05, 0.1) is 30.2 Å². The Morgan fingerprint density at radius 3 is 2.55 bits per heavy atom. The molecule has 0 bridgehead atoms. The molecule has 0 fully saturated rings. The predicted molar refractivity (Wildman–Crippen MR) is 137 cm³/mol. The van der Waals surface area contributed by atoms with Crippen molar-refractivity contribution in [3.8, 4) is 34.7 Å². The molecule has 8 nitrogen and oxygen atoms in total. The van der Waals surface area contributed by atoms with Crippen LogP contribution in [0.3, 0.4) is 0 Å². The van der Waals surface area contributed by atoms with Gasteiger partial charge in [-0.25, -0.2) is 4.39 Å². The zero-order valence-corrected chi connectivity index (χ0v) is 20.9. The zero-order valence-electron chi connectivity index (χ0n) is 20.9. The van der Waals surface area contributed by atoms with E-state index in [-0.39, 0.29) is 41.9 Å². The number of nitriles is 2. The van der Waals surface area contributed by atoms with Crippen molar-refractivity contribution in [1.82, 2.24) is 14.8 Å². The van der Waals surface area contributed by atoms with Crippen molar-refractivity contribution >= 4 is 17.3 Å². The summed E-state index contributed by atoms with van der Waals surface area (Å²) in [4.78, 5) is 14.6. The molecule has 0 unspecified atom stereocenters. The van der Waals surface area contributed by atoms with E-state index in [0.29, 0.717) is 28.2 Å². The molecule has 1 aromatic heterocycles. The fourth-order valence-corrected chi connectivity index (χ4v) is 4.70. The Kier molecular flexibility index (Phi) is 6.69. The number of alkyl halides is 3. The van der Waals surface area contributed by atoms with Crippen LogP contribution in [0.25, 0.3) is 22.5 Å². The monoisotopic (exact) mass is 545 g/mol. The van der Waals surface area contributed by atoms with Gasteiger partial charge in [-0.3, -0.25) is 4.79 Å². The molecule has 1 aliphatic rings. The molecule has 0 radical (unpaired) electrons. The van der Waals surface area contributed by atoms with Gasteiger partial charge in [0.25, 0.3) is 5.91 Å². The van der Waals surface area contributed by atoms with Gasteiger partial charge in [-0.1, -0.05) is 6.07 Å². The van der Waals surface area contributed by atoms with Crippen LogP contribution in [0, 0.1) is 28.5 Å². The number of carbonyl (C=O) groups excluding carboxylic acids is 1. The van der Waals surface area contributed by atoms with Gasteiger partial charge in [0.2, 0.25) is 0 Å². The fraction of sp³-hybridized carbons (Fsp3) is 0.179. The number of hydrogen-bond donors (Lipinski definition) is 1. The van der Waals surface area contributed by atoms with Crippen LogP contribution in [0.5, 0.6) is 0 Å².